The Morgan fingerprint density at radius 2 is 0.899 bits per heavy atom. The summed E-state index contributed by atoms with van der Waals surface area (Å²) in [4.78, 5) is 159. The van der Waals surface area contributed by atoms with Crippen LogP contribution in [-0.2, 0) is 59.8 Å². The molecule has 89 heavy (non-hydrogen) atoms. The summed E-state index contributed by atoms with van der Waals surface area (Å²) in [7, 11) is 0. The Kier molecular flexibility index (Phi) is 21.0. The summed E-state index contributed by atoms with van der Waals surface area (Å²) < 4.78 is 0. The van der Waals surface area contributed by atoms with Gasteiger partial charge in [-0.15, -0.1) is 0 Å². The van der Waals surface area contributed by atoms with E-state index >= 15 is 24.0 Å². The molecular formula is C68H97N11O10. The molecule has 6 N–H and O–H groups in total. The zero-order valence-electron chi connectivity index (χ0n) is 54.0. The molecule has 2 aromatic rings. The van der Waals surface area contributed by atoms with Crippen molar-refractivity contribution in [1.29, 1.82) is 0 Å². The first-order chi connectivity index (χ1) is 42.4. The van der Waals surface area contributed by atoms with Gasteiger partial charge < -0.3 is 56.4 Å². The summed E-state index contributed by atoms with van der Waals surface area (Å²) in [5, 5.41) is 18.8. The summed E-state index contributed by atoms with van der Waals surface area (Å²) >= 11 is 0. The van der Waals surface area contributed by atoms with E-state index in [0.29, 0.717) is 44.9 Å². The summed E-state index contributed by atoms with van der Waals surface area (Å²) in [5.74, 6) is -5.89. The minimum absolute atomic E-state index is 0.0518. The number of hydrogen-bond acceptors (Lipinski definition) is 11. The number of carbonyl (C=O) groups excluding carboxylic acids is 10. The highest BCUT2D eigenvalue weighted by Crippen LogP contribution is 2.54. The van der Waals surface area contributed by atoms with E-state index in [1.54, 1.807) is 4.90 Å². The summed E-state index contributed by atoms with van der Waals surface area (Å²) in [6.45, 7) is 20.1. The van der Waals surface area contributed by atoms with Crippen LogP contribution >= 0.6 is 0 Å². The van der Waals surface area contributed by atoms with Gasteiger partial charge in [0.05, 0.1) is 0 Å². The van der Waals surface area contributed by atoms with Crippen LogP contribution in [0.1, 0.15) is 164 Å². The molecule has 484 valence electrons. The number of para-hydroxylation sites is 1. The number of benzene rings is 2. The number of nitrogens with zero attached hydrogens (tertiary/aromatic N) is 5. The SMILES string of the molecule is CC(C)=CCC12CC3C(=O)NC(CC(C)C)C(=O)NC(Cc4ccccc4)C(=O)N4CCCC4C(=O)NC(CC(C)C)C(=O)N4CCCC4C(=O)NC(CC(C)C)C(=O)N4CCCC4C(=O)NC(C(C)C)C(=O)N4CCCC4C(=O)N3C1Nc1ccccc12. The molecule has 2 aromatic carbocycles. The van der Waals surface area contributed by atoms with Crippen molar-refractivity contribution in [1.82, 2.24) is 51.1 Å². The minimum atomic E-state index is -1.20. The first-order valence-electron chi connectivity index (χ1n) is 33.0. The van der Waals surface area contributed by atoms with E-state index in [9.17, 15) is 24.0 Å². The molecule has 0 radical (unpaired) electrons. The standard InChI is InChI=1S/C68H97N11O10/c1-39(2)28-29-68-38-55-61(84)69-47(34-40(3)4)57(80)70-50(37-44-20-12-11-13-21-44)64(87)76-31-17-25-52(76)59(82)71-48(35-41(5)6)62(85)75-30-16-24-51(75)58(81)72-49(36-42(7)8)63(86)77-32-18-26-53(77)60(83)74-56(43(9)10)66(89)78-33-19-27-54(78)65(88)79(55)67(68)73-46-23-15-14-22-45(46)68/h11-15,20-23,28,40-43,47-56,67,73H,16-19,24-27,29-38H2,1-10H3,(H,69,84)(H,70,80)(H,71,82)(H,72,81)(H,74,83). The lowest BCUT2D eigenvalue weighted by atomic mass is 9.75. The van der Waals surface area contributed by atoms with E-state index in [0.717, 1.165) is 22.4 Å². The molecule has 7 aliphatic rings. The van der Waals surface area contributed by atoms with Crippen LogP contribution in [0.5, 0.6) is 0 Å². The van der Waals surface area contributed by atoms with Gasteiger partial charge in [-0.05, 0) is 138 Å². The maximum absolute atomic E-state index is 16.0. The second-order valence-corrected chi connectivity index (χ2v) is 28.0. The highest BCUT2D eigenvalue weighted by atomic mass is 16.2. The molecule has 0 spiro atoms. The van der Waals surface area contributed by atoms with Crippen molar-refractivity contribution < 1.29 is 47.9 Å². The predicted molar refractivity (Wildman–Crippen MR) is 337 cm³/mol. The van der Waals surface area contributed by atoms with Gasteiger partial charge in [-0.3, -0.25) is 47.9 Å². The van der Waals surface area contributed by atoms with Gasteiger partial charge in [0, 0.05) is 43.7 Å². The quantitative estimate of drug-likeness (QED) is 0.162. The Hall–Kier alpha value is -7.32. The molecule has 21 heteroatoms. The predicted octanol–water partition coefficient (Wildman–Crippen LogP) is 5.07. The Balaban J connectivity index is 1.11. The lowest BCUT2D eigenvalue weighted by Gasteiger charge is -2.38. The molecule has 6 fully saturated rings. The van der Waals surface area contributed by atoms with Crippen molar-refractivity contribution >= 4 is 64.8 Å². The lowest BCUT2D eigenvalue weighted by Crippen LogP contribution is -2.62. The number of fused-ring (bicyclic) bond motifs is 9. The van der Waals surface area contributed by atoms with Crippen LogP contribution in [0.4, 0.5) is 5.69 Å². The van der Waals surface area contributed by atoms with Crippen molar-refractivity contribution in [3.05, 3.63) is 77.4 Å². The molecule has 10 amide bonds. The fourth-order valence-electron chi connectivity index (χ4n) is 15.0. The zero-order valence-corrected chi connectivity index (χ0v) is 54.0. The summed E-state index contributed by atoms with van der Waals surface area (Å²) in [6.07, 6.45) is 5.77. The Morgan fingerprint density at radius 3 is 1.40 bits per heavy atom. The van der Waals surface area contributed by atoms with Crippen molar-refractivity contribution in [3.8, 4) is 0 Å². The number of allylic oxidation sites excluding steroid dienone is 2. The molecule has 7 heterocycles. The van der Waals surface area contributed by atoms with E-state index in [4.69, 9.17) is 0 Å². The van der Waals surface area contributed by atoms with Crippen molar-refractivity contribution in [2.24, 2.45) is 23.7 Å². The van der Waals surface area contributed by atoms with Crippen LogP contribution in [0.15, 0.2) is 66.2 Å². The summed E-state index contributed by atoms with van der Waals surface area (Å²) in [5.41, 5.74) is 2.69. The average molecular weight is 1230 g/mol. The van der Waals surface area contributed by atoms with Gasteiger partial charge in [-0.2, -0.15) is 0 Å². The fraction of sp³-hybridized carbons (Fsp3) is 0.647. The number of hydrogen-bond donors (Lipinski definition) is 6. The second-order valence-electron chi connectivity index (χ2n) is 28.0. The van der Waals surface area contributed by atoms with Gasteiger partial charge >= 0.3 is 0 Å². The molecule has 0 aromatic heterocycles. The Labute approximate surface area is 525 Å². The van der Waals surface area contributed by atoms with Crippen LogP contribution in [0.3, 0.4) is 0 Å². The number of carbonyl (C=O) groups is 10. The largest absolute Gasteiger partial charge is 0.364 e. The lowest BCUT2D eigenvalue weighted by molar-refractivity contribution is -0.150. The van der Waals surface area contributed by atoms with Crippen LogP contribution in [0.25, 0.3) is 0 Å². The third-order valence-corrected chi connectivity index (χ3v) is 19.3. The number of nitrogens with one attached hydrogen (secondary N) is 6. The van der Waals surface area contributed by atoms with Crippen molar-refractivity contribution in [2.75, 3.05) is 31.5 Å². The number of rotatable bonds is 11. The molecule has 12 atom stereocenters. The molecule has 0 saturated carbocycles. The molecule has 6 saturated heterocycles. The van der Waals surface area contributed by atoms with Crippen LogP contribution < -0.4 is 31.9 Å². The topological polar surface area (TPSA) is 259 Å². The van der Waals surface area contributed by atoms with Crippen molar-refractivity contribution in [2.45, 2.75) is 231 Å². The van der Waals surface area contributed by atoms with E-state index in [-0.39, 0.29) is 88.9 Å². The van der Waals surface area contributed by atoms with Crippen LogP contribution in [0.2, 0.25) is 0 Å². The van der Waals surface area contributed by atoms with E-state index in [1.807, 2.05) is 124 Å². The maximum Gasteiger partial charge on any atom is 0.247 e. The number of anilines is 1. The average Bonchev–Trinajstić information content (AvgIpc) is 2.10. The molecule has 0 bridgehead atoms. The first-order valence-corrected chi connectivity index (χ1v) is 33.0. The Bertz CT molecular complexity index is 3020. The van der Waals surface area contributed by atoms with Crippen LogP contribution in [-0.4, -0.2) is 176 Å². The second kappa shape index (κ2) is 28.2. The fourth-order valence-corrected chi connectivity index (χ4v) is 15.0. The van der Waals surface area contributed by atoms with E-state index < -0.39 is 137 Å². The van der Waals surface area contributed by atoms with E-state index in [1.165, 1.54) is 19.6 Å². The van der Waals surface area contributed by atoms with E-state index in [2.05, 4.69) is 38.0 Å². The summed E-state index contributed by atoms with van der Waals surface area (Å²) in [6, 6.07) is 6.28. The third kappa shape index (κ3) is 14.3. The monoisotopic (exact) mass is 1230 g/mol. The molecule has 9 rings (SSSR count). The normalized spacial score (nSPS) is 30.3. The highest BCUT2D eigenvalue weighted by Gasteiger charge is 2.62. The molecule has 12 unspecified atom stereocenters. The van der Waals surface area contributed by atoms with Gasteiger partial charge in [-0.25, -0.2) is 0 Å². The minimum Gasteiger partial charge on any atom is -0.364 e. The van der Waals surface area contributed by atoms with Gasteiger partial charge in [0.25, 0.3) is 0 Å². The van der Waals surface area contributed by atoms with Gasteiger partial charge in [0.1, 0.15) is 66.6 Å². The van der Waals surface area contributed by atoms with Gasteiger partial charge in [0.15, 0.2) is 0 Å². The maximum atomic E-state index is 16.0. The van der Waals surface area contributed by atoms with Gasteiger partial charge in [0.2, 0.25) is 59.1 Å². The molecule has 7 aliphatic heterocycles. The Morgan fingerprint density at radius 1 is 0.472 bits per heavy atom. The van der Waals surface area contributed by atoms with Crippen LogP contribution in [0, 0.1) is 23.7 Å². The third-order valence-electron chi connectivity index (χ3n) is 19.3. The highest BCUT2D eigenvalue weighted by molar-refractivity contribution is 6.01. The van der Waals surface area contributed by atoms with Crippen molar-refractivity contribution in [3.63, 3.8) is 0 Å². The zero-order chi connectivity index (χ0) is 64.2. The number of amides is 10. The molecule has 0 aliphatic carbocycles. The van der Waals surface area contributed by atoms with Gasteiger partial charge in [-0.1, -0.05) is 116 Å². The molecule has 21 nitrogen and oxygen atoms in total. The first kappa shape index (κ1) is 66.1. The smallest absolute Gasteiger partial charge is 0.247 e. The molecular weight excluding hydrogens is 1130 g/mol.